The van der Waals surface area contributed by atoms with Crippen molar-refractivity contribution >= 4 is 17.2 Å². The van der Waals surface area contributed by atoms with Crippen molar-refractivity contribution in [1.82, 2.24) is 19.7 Å². The molecule has 0 bridgehead atoms. The van der Waals surface area contributed by atoms with Gasteiger partial charge in [0.2, 0.25) is 0 Å². The van der Waals surface area contributed by atoms with Gasteiger partial charge in [-0.2, -0.15) is 5.10 Å². The maximum atomic E-state index is 12.5. The van der Waals surface area contributed by atoms with Gasteiger partial charge in [-0.25, -0.2) is 4.98 Å². The number of nitrogens with zero attached hydrogens (tertiary/aromatic N) is 4. The number of hydrogen-bond donors (Lipinski definition) is 0. The van der Waals surface area contributed by atoms with Crippen molar-refractivity contribution < 1.29 is 4.79 Å². The molecule has 2 aromatic rings. The largest absolute Gasteiger partial charge is 0.336 e. The fourth-order valence-corrected chi connectivity index (χ4v) is 3.72. The molecule has 0 spiro atoms. The maximum absolute atomic E-state index is 12.5. The average molecular weight is 304 g/mol. The first-order valence-electron chi connectivity index (χ1n) is 7.29. The average Bonchev–Trinajstić information content (AvgIpc) is 3.04. The molecule has 3 rings (SSSR count). The van der Waals surface area contributed by atoms with Crippen LogP contribution in [0.2, 0.25) is 0 Å². The van der Waals surface area contributed by atoms with Crippen LogP contribution in [0.25, 0.3) is 0 Å². The summed E-state index contributed by atoms with van der Waals surface area (Å²) in [5, 5.41) is 5.51. The summed E-state index contributed by atoms with van der Waals surface area (Å²) in [5.41, 5.74) is 2.20. The number of rotatable bonds is 2. The second kappa shape index (κ2) is 5.60. The molecule has 1 atom stereocenters. The lowest BCUT2D eigenvalue weighted by atomic mass is 10.1. The van der Waals surface area contributed by atoms with E-state index in [-0.39, 0.29) is 11.9 Å². The van der Waals surface area contributed by atoms with Gasteiger partial charge in [0.1, 0.15) is 4.88 Å². The van der Waals surface area contributed by atoms with Crippen molar-refractivity contribution in [2.24, 2.45) is 0 Å². The van der Waals surface area contributed by atoms with Crippen LogP contribution >= 0.6 is 11.3 Å². The number of amides is 1. The molecular formula is C15H20N4OS. The summed E-state index contributed by atoms with van der Waals surface area (Å²) in [7, 11) is 0. The Morgan fingerprint density at radius 2 is 2.19 bits per heavy atom. The summed E-state index contributed by atoms with van der Waals surface area (Å²) in [4.78, 5) is 19.4. The second-order valence-corrected chi connectivity index (χ2v) is 6.90. The second-order valence-electron chi connectivity index (χ2n) is 5.66. The third kappa shape index (κ3) is 2.85. The molecule has 1 fully saturated rings. The molecule has 3 heterocycles. The minimum absolute atomic E-state index is 0.104. The zero-order valence-electron chi connectivity index (χ0n) is 12.7. The number of aryl methyl sites for hydroxylation is 3. The summed E-state index contributed by atoms with van der Waals surface area (Å²) < 4.78 is 2.08. The zero-order chi connectivity index (χ0) is 15.0. The smallest absolute Gasteiger partial charge is 0.265 e. The summed E-state index contributed by atoms with van der Waals surface area (Å²) in [6.45, 7) is 7.57. The number of piperidine rings is 1. The number of carbonyl (C=O) groups is 1. The molecule has 112 valence electrons. The molecular weight excluding hydrogens is 284 g/mol. The van der Waals surface area contributed by atoms with E-state index in [9.17, 15) is 4.79 Å². The topological polar surface area (TPSA) is 51.0 Å². The monoisotopic (exact) mass is 304 g/mol. The highest BCUT2D eigenvalue weighted by Gasteiger charge is 2.27. The van der Waals surface area contributed by atoms with Crippen LogP contribution in [0.4, 0.5) is 0 Å². The highest BCUT2D eigenvalue weighted by Crippen LogP contribution is 2.25. The summed E-state index contributed by atoms with van der Waals surface area (Å²) in [6.07, 6.45) is 3.79. The Morgan fingerprint density at radius 3 is 2.81 bits per heavy atom. The first-order chi connectivity index (χ1) is 10.0. The van der Waals surface area contributed by atoms with Crippen molar-refractivity contribution in [2.45, 2.75) is 39.7 Å². The molecule has 1 saturated heterocycles. The Kier molecular flexibility index (Phi) is 3.80. The van der Waals surface area contributed by atoms with Crippen LogP contribution in [0.15, 0.2) is 12.3 Å². The van der Waals surface area contributed by atoms with Crippen LogP contribution in [0.1, 0.15) is 45.0 Å². The molecule has 1 amide bonds. The predicted octanol–water partition coefficient (Wildman–Crippen LogP) is 2.74. The third-order valence-electron chi connectivity index (χ3n) is 3.91. The minimum atomic E-state index is 0.104. The SMILES string of the molecule is Cc1cc(C)n([C@@H]2CCCN(C(=O)c3cnc(C)s3)C2)n1. The summed E-state index contributed by atoms with van der Waals surface area (Å²) in [6, 6.07) is 2.37. The van der Waals surface area contributed by atoms with E-state index in [1.807, 2.05) is 18.7 Å². The Hall–Kier alpha value is -1.69. The first-order valence-corrected chi connectivity index (χ1v) is 8.10. The lowest BCUT2D eigenvalue weighted by molar-refractivity contribution is 0.0676. The number of aromatic nitrogens is 3. The molecule has 0 unspecified atom stereocenters. The van der Waals surface area contributed by atoms with Crippen LogP contribution in [0.5, 0.6) is 0 Å². The van der Waals surface area contributed by atoms with Gasteiger partial charge in [0.15, 0.2) is 0 Å². The van der Waals surface area contributed by atoms with Crippen molar-refractivity contribution in [1.29, 1.82) is 0 Å². The molecule has 1 aliphatic rings. The van der Waals surface area contributed by atoms with Gasteiger partial charge in [-0.3, -0.25) is 9.48 Å². The van der Waals surface area contributed by atoms with Gasteiger partial charge in [-0.1, -0.05) is 0 Å². The third-order valence-corrected chi connectivity index (χ3v) is 4.81. The van der Waals surface area contributed by atoms with Crippen molar-refractivity contribution in [3.63, 3.8) is 0 Å². The highest BCUT2D eigenvalue weighted by molar-refractivity contribution is 7.13. The molecule has 6 heteroatoms. The van der Waals surface area contributed by atoms with Gasteiger partial charge in [-0.05, 0) is 39.7 Å². The van der Waals surface area contributed by atoms with E-state index >= 15 is 0 Å². The van der Waals surface area contributed by atoms with Crippen molar-refractivity contribution in [2.75, 3.05) is 13.1 Å². The predicted molar refractivity (Wildman–Crippen MR) is 82.7 cm³/mol. The fraction of sp³-hybridized carbons (Fsp3) is 0.533. The van der Waals surface area contributed by atoms with Crippen LogP contribution < -0.4 is 0 Å². The van der Waals surface area contributed by atoms with Crippen LogP contribution in [0, 0.1) is 20.8 Å². The Balaban J connectivity index is 1.77. The Labute approximate surface area is 128 Å². The van der Waals surface area contributed by atoms with Crippen molar-refractivity contribution in [3.8, 4) is 0 Å². The standard InChI is InChI=1S/C15H20N4OS/c1-10-7-11(2)19(17-10)13-5-4-6-18(9-13)15(20)14-8-16-12(3)21-14/h7-8,13H,4-6,9H2,1-3H3/t13-/m1/s1. The van der Waals surface area contributed by atoms with Gasteiger partial charge >= 0.3 is 0 Å². The minimum Gasteiger partial charge on any atom is -0.336 e. The van der Waals surface area contributed by atoms with E-state index in [1.165, 1.54) is 17.0 Å². The maximum Gasteiger partial charge on any atom is 0.265 e. The van der Waals surface area contributed by atoms with Gasteiger partial charge in [-0.15, -0.1) is 11.3 Å². The van der Waals surface area contributed by atoms with Crippen molar-refractivity contribution in [3.05, 3.63) is 33.5 Å². The normalized spacial score (nSPS) is 19.0. The van der Waals surface area contributed by atoms with Gasteiger partial charge in [0, 0.05) is 18.8 Å². The molecule has 2 aromatic heterocycles. The molecule has 0 saturated carbocycles. The number of hydrogen-bond acceptors (Lipinski definition) is 4. The van der Waals surface area contributed by atoms with Crippen LogP contribution in [-0.2, 0) is 0 Å². The lowest BCUT2D eigenvalue weighted by Crippen LogP contribution is -2.40. The van der Waals surface area contributed by atoms with Gasteiger partial charge < -0.3 is 4.90 Å². The summed E-state index contributed by atoms with van der Waals surface area (Å²) in [5.74, 6) is 0.104. The number of likely N-dealkylation sites (tertiary alicyclic amines) is 1. The molecule has 0 aromatic carbocycles. The quantitative estimate of drug-likeness (QED) is 0.857. The number of carbonyl (C=O) groups excluding carboxylic acids is 1. The molecule has 1 aliphatic heterocycles. The fourth-order valence-electron chi connectivity index (χ4n) is 2.97. The molecule has 0 radical (unpaired) electrons. The van der Waals surface area contributed by atoms with Crippen LogP contribution in [-0.4, -0.2) is 38.7 Å². The Morgan fingerprint density at radius 1 is 1.38 bits per heavy atom. The van der Waals surface area contributed by atoms with E-state index in [0.717, 1.165) is 41.5 Å². The molecule has 5 nitrogen and oxygen atoms in total. The van der Waals surface area contributed by atoms with Gasteiger partial charge in [0.25, 0.3) is 5.91 Å². The summed E-state index contributed by atoms with van der Waals surface area (Å²) >= 11 is 1.47. The van der Waals surface area contributed by atoms with E-state index in [0.29, 0.717) is 0 Å². The molecule has 21 heavy (non-hydrogen) atoms. The molecule has 0 aliphatic carbocycles. The van der Waals surface area contributed by atoms with Crippen LogP contribution in [0.3, 0.4) is 0 Å². The first kappa shape index (κ1) is 14.3. The number of thiazole rings is 1. The lowest BCUT2D eigenvalue weighted by Gasteiger charge is -2.33. The molecule has 0 N–H and O–H groups in total. The van der Waals surface area contributed by atoms with Gasteiger partial charge in [0.05, 0.1) is 22.9 Å². The van der Waals surface area contributed by atoms with E-state index in [2.05, 4.69) is 27.8 Å². The van der Waals surface area contributed by atoms with E-state index in [1.54, 1.807) is 6.20 Å². The zero-order valence-corrected chi connectivity index (χ0v) is 13.5. The van der Waals surface area contributed by atoms with E-state index in [4.69, 9.17) is 0 Å². The highest BCUT2D eigenvalue weighted by atomic mass is 32.1. The Bertz CT molecular complexity index is 660. The van der Waals surface area contributed by atoms with E-state index < -0.39 is 0 Å².